The smallest absolute Gasteiger partial charge is 0.273 e. The second kappa shape index (κ2) is 8.37. The molecule has 2 aromatic heterocycles. The normalized spacial score (nSPS) is 15.7. The highest BCUT2D eigenvalue weighted by Gasteiger charge is 2.25. The van der Waals surface area contributed by atoms with Crippen molar-refractivity contribution in [2.24, 2.45) is 0 Å². The number of benzene rings is 1. The van der Waals surface area contributed by atoms with Crippen LogP contribution in [-0.4, -0.2) is 35.6 Å². The maximum absolute atomic E-state index is 12.6. The minimum atomic E-state index is -0.206. The van der Waals surface area contributed by atoms with Crippen LogP contribution < -0.4 is 5.32 Å². The lowest BCUT2D eigenvalue weighted by atomic mass is 10.1. The lowest BCUT2D eigenvalue weighted by Crippen LogP contribution is -2.36. The molecule has 3 aromatic rings. The molecule has 27 heavy (non-hydrogen) atoms. The molecule has 0 radical (unpaired) electrons. The monoisotopic (exact) mass is 445 g/mol. The van der Waals surface area contributed by atoms with Gasteiger partial charge in [0.2, 0.25) is 0 Å². The van der Waals surface area contributed by atoms with Gasteiger partial charge in [-0.1, -0.05) is 39.3 Å². The number of likely N-dealkylation sites (tertiary alicyclic amines) is 1. The quantitative estimate of drug-likeness (QED) is 0.595. The van der Waals surface area contributed by atoms with Gasteiger partial charge in [0, 0.05) is 27.5 Å². The SMILES string of the molecule is O=C(NC[C@H](c1cccs1)N1CCCC1)c1cc(-c2ccc(Br)cc2)on1. The first kappa shape index (κ1) is 18.4. The average Bonchev–Trinajstić information content (AvgIpc) is 3.44. The third kappa shape index (κ3) is 4.31. The van der Waals surface area contributed by atoms with Gasteiger partial charge in [-0.15, -0.1) is 11.3 Å². The molecule has 7 heteroatoms. The van der Waals surface area contributed by atoms with Crippen LogP contribution in [0.25, 0.3) is 11.3 Å². The Labute approximate surface area is 170 Å². The number of aromatic nitrogens is 1. The highest BCUT2D eigenvalue weighted by Crippen LogP contribution is 2.28. The van der Waals surface area contributed by atoms with Gasteiger partial charge in [0.05, 0.1) is 6.04 Å². The Kier molecular flexibility index (Phi) is 5.71. The van der Waals surface area contributed by atoms with Gasteiger partial charge in [-0.2, -0.15) is 0 Å². The zero-order valence-corrected chi connectivity index (χ0v) is 17.1. The van der Waals surface area contributed by atoms with Gasteiger partial charge < -0.3 is 9.84 Å². The van der Waals surface area contributed by atoms with Crippen molar-refractivity contribution in [2.45, 2.75) is 18.9 Å². The molecule has 1 saturated heterocycles. The second-order valence-corrected chi connectivity index (χ2v) is 8.46. The molecule has 0 unspecified atom stereocenters. The molecule has 1 fully saturated rings. The third-order valence-corrected chi connectivity index (χ3v) is 6.28. The van der Waals surface area contributed by atoms with Gasteiger partial charge in [-0.3, -0.25) is 9.69 Å². The number of carbonyl (C=O) groups is 1. The lowest BCUT2D eigenvalue weighted by molar-refractivity contribution is 0.0929. The number of nitrogens with one attached hydrogen (secondary N) is 1. The molecule has 1 aliphatic heterocycles. The molecule has 140 valence electrons. The molecule has 3 heterocycles. The summed E-state index contributed by atoms with van der Waals surface area (Å²) < 4.78 is 6.35. The molecule has 0 spiro atoms. The Balaban J connectivity index is 1.43. The first-order chi connectivity index (χ1) is 13.2. The standard InChI is InChI=1S/C20H20BrN3O2S/c21-15-7-5-14(6-8-15)18-12-16(23-26-18)20(25)22-13-17(19-4-3-11-27-19)24-9-1-2-10-24/h3-8,11-12,17H,1-2,9-10,13H2,(H,22,25)/t17-/m1/s1. The number of rotatable bonds is 6. The fraction of sp³-hybridized carbons (Fsp3) is 0.300. The number of carbonyl (C=O) groups excluding carboxylic acids is 1. The van der Waals surface area contributed by atoms with Crippen LogP contribution in [0.3, 0.4) is 0 Å². The summed E-state index contributed by atoms with van der Waals surface area (Å²) in [5.41, 5.74) is 1.19. The molecular weight excluding hydrogens is 426 g/mol. The number of halogens is 1. The van der Waals surface area contributed by atoms with Crippen molar-refractivity contribution in [1.82, 2.24) is 15.4 Å². The summed E-state index contributed by atoms with van der Waals surface area (Å²) in [7, 11) is 0. The Morgan fingerprint density at radius 1 is 1.26 bits per heavy atom. The predicted octanol–water partition coefficient (Wildman–Crippen LogP) is 4.73. The van der Waals surface area contributed by atoms with Crippen molar-refractivity contribution in [2.75, 3.05) is 19.6 Å². The lowest BCUT2D eigenvalue weighted by Gasteiger charge is -2.26. The maximum atomic E-state index is 12.6. The first-order valence-corrected chi connectivity index (χ1v) is 10.7. The summed E-state index contributed by atoms with van der Waals surface area (Å²) in [5, 5.41) is 9.06. The highest BCUT2D eigenvalue weighted by atomic mass is 79.9. The topological polar surface area (TPSA) is 58.4 Å². The number of thiophene rings is 1. The van der Waals surface area contributed by atoms with Crippen molar-refractivity contribution in [3.8, 4) is 11.3 Å². The summed E-state index contributed by atoms with van der Waals surface area (Å²) in [4.78, 5) is 16.3. The van der Waals surface area contributed by atoms with Gasteiger partial charge in [0.1, 0.15) is 0 Å². The Hall–Kier alpha value is -1.96. The van der Waals surface area contributed by atoms with E-state index in [1.54, 1.807) is 17.4 Å². The van der Waals surface area contributed by atoms with E-state index in [0.717, 1.165) is 23.1 Å². The van der Waals surface area contributed by atoms with E-state index in [1.165, 1.54) is 17.7 Å². The van der Waals surface area contributed by atoms with E-state index in [-0.39, 0.29) is 11.9 Å². The van der Waals surface area contributed by atoms with Crippen LogP contribution in [0, 0.1) is 0 Å². The molecule has 0 saturated carbocycles. The molecule has 4 rings (SSSR count). The predicted molar refractivity (Wildman–Crippen MR) is 110 cm³/mol. The molecular formula is C20H20BrN3O2S. The minimum absolute atomic E-state index is 0.206. The molecule has 5 nitrogen and oxygen atoms in total. The largest absolute Gasteiger partial charge is 0.355 e. The molecule has 1 aromatic carbocycles. The van der Waals surface area contributed by atoms with Crippen LogP contribution in [0.4, 0.5) is 0 Å². The first-order valence-electron chi connectivity index (χ1n) is 8.99. The van der Waals surface area contributed by atoms with Gasteiger partial charge in [0.15, 0.2) is 11.5 Å². The van der Waals surface area contributed by atoms with Crippen molar-refractivity contribution >= 4 is 33.2 Å². The molecule has 1 amide bonds. The molecule has 1 atom stereocenters. The van der Waals surface area contributed by atoms with E-state index in [1.807, 2.05) is 24.3 Å². The summed E-state index contributed by atoms with van der Waals surface area (Å²) in [6.07, 6.45) is 2.44. The van der Waals surface area contributed by atoms with Crippen LogP contribution in [0.5, 0.6) is 0 Å². The summed E-state index contributed by atoms with van der Waals surface area (Å²) >= 11 is 5.15. The molecule has 0 aliphatic carbocycles. The minimum Gasteiger partial charge on any atom is -0.355 e. The van der Waals surface area contributed by atoms with Crippen molar-refractivity contribution < 1.29 is 9.32 Å². The van der Waals surface area contributed by atoms with Crippen LogP contribution in [0.1, 0.15) is 34.2 Å². The second-order valence-electron chi connectivity index (χ2n) is 6.57. The van der Waals surface area contributed by atoms with E-state index in [9.17, 15) is 4.79 Å². The summed E-state index contributed by atoms with van der Waals surface area (Å²) in [5.74, 6) is 0.380. The van der Waals surface area contributed by atoms with Crippen molar-refractivity contribution in [3.63, 3.8) is 0 Å². The van der Waals surface area contributed by atoms with Crippen LogP contribution in [-0.2, 0) is 0 Å². The third-order valence-electron chi connectivity index (χ3n) is 4.78. The van der Waals surface area contributed by atoms with Crippen LogP contribution in [0.15, 0.2) is 56.8 Å². The van der Waals surface area contributed by atoms with Gasteiger partial charge in [-0.05, 0) is 49.5 Å². The summed E-state index contributed by atoms with van der Waals surface area (Å²) in [6, 6.07) is 13.8. The van der Waals surface area contributed by atoms with E-state index < -0.39 is 0 Å². The fourth-order valence-electron chi connectivity index (χ4n) is 3.36. The Bertz CT molecular complexity index is 886. The van der Waals surface area contributed by atoms with Gasteiger partial charge in [0.25, 0.3) is 5.91 Å². The Morgan fingerprint density at radius 2 is 2.04 bits per heavy atom. The van der Waals surface area contributed by atoms with E-state index in [4.69, 9.17) is 4.52 Å². The molecule has 1 N–H and O–H groups in total. The average molecular weight is 446 g/mol. The van der Waals surface area contributed by atoms with Gasteiger partial charge >= 0.3 is 0 Å². The number of amides is 1. The van der Waals surface area contributed by atoms with Crippen LogP contribution >= 0.6 is 27.3 Å². The Morgan fingerprint density at radius 3 is 2.74 bits per heavy atom. The van der Waals surface area contributed by atoms with Crippen molar-refractivity contribution in [3.05, 3.63) is 62.9 Å². The van der Waals surface area contributed by atoms with E-state index in [0.29, 0.717) is 18.0 Å². The zero-order valence-electron chi connectivity index (χ0n) is 14.7. The number of hydrogen-bond donors (Lipinski definition) is 1. The fourth-order valence-corrected chi connectivity index (χ4v) is 4.48. The number of hydrogen-bond acceptors (Lipinski definition) is 5. The highest BCUT2D eigenvalue weighted by molar-refractivity contribution is 9.10. The van der Waals surface area contributed by atoms with E-state index >= 15 is 0 Å². The van der Waals surface area contributed by atoms with Crippen LogP contribution in [0.2, 0.25) is 0 Å². The maximum Gasteiger partial charge on any atom is 0.273 e. The van der Waals surface area contributed by atoms with E-state index in [2.05, 4.69) is 48.8 Å². The van der Waals surface area contributed by atoms with Crippen molar-refractivity contribution in [1.29, 1.82) is 0 Å². The zero-order chi connectivity index (χ0) is 18.6. The number of nitrogens with zero attached hydrogens (tertiary/aromatic N) is 2. The summed E-state index contributed by atoms with van der Waals surface area (Å²) in [6.45, 7) is 2.73. The molecule has 0 bridgehead atoms. The van der Waals surface area contributed by atoms with Gasteiger partial charge in [-0.25, -0.2) is 0 Å². The molecule has 1 aliphatic rings.